The van der Waals surface area contributed by atoms with Crippen molar-refractivity contribution >= 4 is 22.9 Å². The molecule has 0 N–H and O–H groups in total. The van der Waals surface area contributed by atoms with Crippen molar-refractivity contribution in [3.05, 3.63) is 57.6 Å². The lowest BCUT2D eigenvalue weighted by atomic mass is 9.96. The molecule has 9 nitrogen and oxygen atoms in total. The van der Waals surface area contributed by atoms with E-state index < -0.39 is 4.92 Å². The summed E-state index contributed by atoms with van der Waals surface area (Å²) in [5.41, 5.74) is 2.75. The number of hydrogen-bond acceptors (Lipinski definition) is 7. The van der Waals surface area contributed by atoms with E-state index in [1.54, 1.807) is 50.5 Å². The van der Waals surface area contributed by atoms with Crippen LogP contribution < -0.4 is 19.1 Å². The maximum atomic E-state index is 13.2. The highest BCUT2D eigenvalue weighted by molar-refractivity contribution is 5.96. The smallest absolute Gasteiger partial charge is 0.293 e. The van der Waals surface area contributed by atoms with Gasteiger partial charge >= 0.3 is 0 Å². The first-order valence-electron chi connectivity index (χ1n) is 11.8. The summed E-state index contributed by atoms with van der Waals surface area (Å²) in [6.07, 6.45) is 5.75. The third kappa shape index (κ3) is 5.03. The Kier molecular flexibility index (Phi) is 7.43. The van der Waals surface area contributed by atoms with Crippen LogP contribution in [0.1, 0.15) is 41.6 Å². The van der Waals surface area contributed by atoms with Crippen molar-refractivity contribution in [3.63, 3.8) is 0 Å². The normalized spacial score (nSPS) is 15.9. The minimum atomic E-state index is -0.392. The fraction of sp³-hybridized carbons (Fsp3) is 0.423. The molecule has 0 bridgehead atoms. The van der Waals surface area contributed by atoms with Crippen molar-refractivity contribution in [2.45, 2.75) is 25.7 Å². The van der Waals surface area contributed by atoms with Gasteiger partial charge in [-0.05, 0) is 43.4 Å². The molecule has 2 aliphatic heterocycles. The molecular weight excluding hydrogens is 450 g/mol. The quantitative estimate of drug-likeness (QED) is 0.423. The fourth-order valence-electron chi connectivity index (χ4n) is 4.79. The average molecular weight is 482 g/mol. The molecule has 0 unspecified atom stereocenters. The van der Waals surface area contributed by atoms with Crippen molar-refractivity contribution in [2.24, 2.45) is 0 Å². The van der Waals surface area contributed by atoms with Gasteiger partial charge in [-0.2, -0.15) is 0 Å². The topological polar surface area (TPSA) is 94.4 Å². The van der Waals surface area contributed by atoms with Crippen molar-refractivity contribution in [3.8, 4) is 17.2 Å². The Hall–Kier alpha value is -3.75. The number of methoxy groups -OCH3 is 3. The maximum absolute atomic E-state index is 13.2. The number of hydrogen-bond donors (Lipinski definition) is 0. The molecule has 0 saturated carbocycles. The molecule has 2 heterocycles. The van der Waals surface area contributed by atoms with E-state index in [-0.39, 0.29) is 11.6 Å². The van der Waals surface area contributed by atoms with Gasteiger partial charge in [0, 0.05) is 49.9 Å². The summed E-state index contributed by atoms with van der Waals surface area (Å²) in [5, 5.41) is 11.8. The van der Waals surface area contributed by atoms with Gasteiger partial charge in [-0.25, -0.2) is 0 Å². The molecule has 1 amide bonds. The van der Waals surface area contributed by atoms with Crippen LogP contribution in [0.4, 0.5) is 11.4 Å². The highest BCUT2D eigenvalue weighted by Gasteiger charge is 2.27. The van der Waals surface area contributed by atoms with E-state index in [2.05, 4.69) is 0 Å². The van der Waals surface area contributed by atoms with Gasteiger partial charge in [0.1, 0.15) is 22.9 Å². The molecule has 0 aromatic heterocycles. The summed E-state index contributed by atoms with van der Waals surface area (Å²) in [5.74, 6) is 1.68. The average Bonchev–Trinajstić information content (AvgIpc) is 2.92. The monoisotopic (exact) mass is 481 g/mol. The van der Waals surface area contributed by atoms with Gasteiger partial charge in [-0.15, -0.1) is 0 Å². The molecule has 2 aromatic carbocycles. The van der Waals surface area contributed by atoms with Crippen LogP contribution in [0.2, 0.25) is 0 Å². The number of nitrogens with zero attached hydrogens (tertiary/aromatic N) is 3. The van der Waals surface area contributed by atoms with Gasteiger partial charge in [-0.1, -0.05) is 6.08 Å². The maximum Gasteiger partial charge on any atom is 0.293 e. The Morgan fingerprint density at radius 1 is 0.943 bits per heavy atom. The molecular formula is C26H31N3O6. The third-order valence-electron chi connectivity index (χ3n) is 6.65. The van der Waals surface area contributed by atoms with E-state index in [0.29, 0.717) is 48.0 Å². The Balaban J connectivity index is 1.56. The second-order valence-corrected chi connectivity index (χ2v) is 8.65. The highest BCUT2D eigenvalue weighted by Crippen LogP contribution is 2.41. The molecule has 0 spiro atoms. The minimum Gasteiger partial charge on any atom is -0.496 e. The predicted octanol–water partition coefficient (Wildman–Crippen LogP) is 4.54. The van der Waals surface area contributed by atoms with E-state index in [1.807, 2.05) is 11.0 Å². The molecule has 186 valence electrons. The zero-order valence-electron chi connectivity index (χ0n) is 20.4. The third-order valence-corrected chi connectivity index (χ3v) is 6.65. The predicted molar refractivity (Wildman–Crippen MR) is 134 cm³/mol. The molecule has 0 radical (unpaired) electrons. The lowest BCUT2D eigenvalue weighted by Crippen LogP contribution is -2.35. The molecule has 1 fully saturated rings. The molecule has 2 aliphatic rings. The van der Waals surface area contributed by atoms with Crippen LogP contribution in [0.25, 0.3) is 5.57 Å². The van der Waals surface area contributed by atoms with Crippen LogP contribution in [-0.2, 0) is 0 Å². The SMILES string of the molecule is COc1cc(OC)c(C2=CCN(C(=O)c3ccc(N4CCCCC4)c([N+](=O)[O-])c3)CC2)c(OC)c1. The first-order chi connectivity index (χ1) is 17.0. The summed E-state index contributed by atoms with van der Waals surface area (Å²) in [6, 6.07) is 8.45. The number of nitro groups is 1. The number of amides is 1. The number of carbonyl (C=O) groups is 1. The van der Waals surface area contributed by atoms with Gasteiger partial charge in [0.25, 0.3) is 11.6 Å². The summed E-state index contributed by atoms with van der Waals surface area (Å²) >= 11 is 0. The van der Waals surface area contributed by atoms with Crippen LogP contribution in [0.15, 0.2) is 36.4 Å². The molecule has 35 heavy (non-hydrogen) atoms. The van der Waals surface area contributed by atoms with Crippen molar-refractivity contribution in [2.75, 3.05) is 52.4 Å². The number of anilines is 1. The Morgan fingerprint density at radius 2 is 1.63 bits per heavy atom. The van der Waals surface area contributed by atoms with E-state index in [4.69, 9.17) is 14.2 Å². The van der Waals surface area contributed by atoms with E-state index in [9.17, 15) is 14.9 Å². The van der Waals surface area contributed by atoms with Crippen molar-refractivity contribution in [1.82, 2.24) is 4.90 Å². The van der Waals surface area contributed by atoms with Gasteiger partial charge in [0.05, 0.1) is 31.8 Å². The standard InChI is InChI=1S/C26H31N3O6/c1-33-20-16-23(34-2)25(24(17-20)35-3)18-9-13-28(14-10-18)26(30)19-7-8-21(22(15-19)29(31)32)27-11-5-4-6-12-27/h7-9,15-17H,4-6,10-14H2,1-3H3. The van der Waals surface area contributed by atoms with Crippen LogP contribution in [0.3, 0.4) is 0 Å². The number of carbonyl (C=O) groups excluding carboxylic acids is 1. The fourth-order valence-corrected chi connectivity index (χ4v) is 4.79. The second kappa shape index (κ2) is 10.7. The number of rotatable bonds is 7. The van der Waals surface area contributed by atoms with Gasteiger partial charge in [0.15, 0.2) is 0 Å². The van der Waals surface area contributed by atoms with Gasteiger partial charge < -0.3 is 24.0 Å². The first-order valence-corrected chi connectivity index (χ1v) is 11.8. The van der Waals surface area contributed by atoms with Crippen molar-refractivity contribution < 1.29 is 23.9 Å². The number of nitro benzene ring substituents is 1. The molecule has 1 saturated heterocycles. The number of piperidine rings is 1. The van der Waals surface area contributed by atoms with Crippen LogP contribution in [0, 0.1) is 10.1 Å². The second-order valence-electron chi connectivity index (χ2n) is 8.65. The largest absolute Gasteiger partial charge is 0.496 e. The zero-order valence-corrected chi connectivity index (χ0v) is 20.4. The lowest BCUT2D eigenvalue weighted by molar-refractivity contribution is -0.384. The molecule has 4 rings (SSSR count). The highest BCUT2D eigenvalue weighted by atomic mass is 16.6. The Morgan fingerprint density at radius 3 is 2.17 bits per heavy atom. The van der Waals surface area contributed by atoms with Gasteiger partial charge in [-0.3, -0.25) is 14.9 Å². The van der Waals surface area contributed by atoms with E-state index >= 15 is 0 Å². The zero-order chi connectivity index (χ0) is 24.9. The Bertz CT molecular complexity index is 1110. The van der Waals surface area contributed by atoms with Gasteiger partial charge in [0.2, 0.25) is 0 Å². The first kappa shape index (κ1) is 24.4. The minimum absolute atomic E-state index is 0.0151. The Labute approximate surface area is 205 Å². The van der Waals surface area contributed by atoms with Crippen LogP contribution in [0.5, 0.6) is 17.2 Å². The summed E-state index contributed by atoms with van der Waals surface area (Å²) in [4.78, 5) is 28.4. The molecule has 0 aliphatic carbocycles. The van der Waals surface area contributed by atoms with Crippen molar-refractivity contribution in [1.29, 1.82) is 0 Å². The summed E-state index contributed by atoms with van der Waals surface area (Å²) in [6.45, 7) is 2.46. The summed E-state index contributed by atoms with van der Waals surface area (Å²) < 4.78 is 16.5. The van der Waals surface area contributed by atoms with E-state index in [0.717, 1.165) is 43.5 Å². The van der Waals surface area contributed by atoms with Crippen LogP contribution >= 0.6 is 0 Å². The molecule has 2 aromatic rings. The number of benzene rings is 2. The molecule has 9 heteroatoms. The lowest BCUT2D eigenvalue weighted by Gasteiger charge is -2.29. The molecule has 0 atom stereocenters. The summed E-state index contributed by atoms with van der Waals surface area (Å²) in [7, 11) is 4.77. The van der Waals surface area contributed by atoms with E-state index in [1.165, 1.54) is 6.07 Å². The van der Waals surface area contributed by atoms with Crippen LogP contribution in [-0.4, -0.2) is 63.2 Å². The number of ether oxygens (including phenoxy) is 3.